The van der Waals surface area contributed by atoms with E-state index in [9.17, 15) is 13.2 Å². The summed E-state index contributed by atoms with van der Waals surface area (Å²) < 4.78 is 34.4. The number of aromatic nitrogens is 4. The standard InChI is InChI=1S/C14H17N7O6S/c1-9(10-5-3-2-4-6-10)21-13(20-26-14(21)22)11-12(19-27-17-11)18-25-8-7-16-28(15,23)24/h2-6,9,16H,7-8H2,1H3,(H,18,19)(H2,15,23,24). The van der Waals surface area contributed by atoms with Crippen LogP contribution in [0.25, 0.3) is 11.5 Å². The van der Waals surface area contributed by atoms with Gasteiger partial charge in [-0.15, -0.1) is 0 Å². The number of rotatable bonds is 9. The highest BCUT2D eigenvalue weighted by Gasteiger charge is 2.25. The van der Waals surface area contributed by atoms with E-state index >= 15 is 0 Å². The summed E-state index contributed by atoms with van der Waals surface area (Å²) in [4.78, 5) is 17.3. The highest BCUT2D eigenvalue weighted by molar-refractivity contribution is 7.87. The van der Waals surface area contributed by atoms with Crippen LogP contribution in [0.4, 0.5) is 5.82 Å². The Morgan fingerprint density at radius 2 is 2.00 bits per heavy atom. The van der Waals surface area contributed by atoms with E-state index in [0.29, 0.717) is 0 Å². The number of hydrogen-bond acceptors (Lipinski definition) is 10. The van der Waals surface area contributed by atoms with Crippen molar-refractivity contribution in [3.63, 3.8) is 0 Å². The smallest absolute Gasteiger partial charge is 0.295 e. The molecule has 0 saturated heterocycles. The Bertz CT molecular complexity index is 1080. The van der Waals surface area contributed by atoms with Gasteiger partial charge in [0, 0.05) is 6.54 Å². The summed E-state index contributed by atoms with van der Waals surface area (Å²) in [5.74, 6) is -0.576. The second-order valence-corrected chi connectivity index (χ2v) is 6.96. The summed E-state index contributed by atoms with van der Waals surface area (Å²) in [7, 11) is -3.81. The van der Waals surface area contributed by atoms with Crippen LogP contribution in [0.2, 0.25) is 0 Å². The van der Waals surface area contributed by atoms with Crippen molar-refractivity contribution in [3.05, 3.63) is 46.4 Å². The van der Waals surface area contributed by atoms with Crippen molar-refractivity contribution in [2.75, 3.05) is 18.6 Å². The number of hydrogen-bond donors (Lipinski definition) is 3. The van der Waals surface area contributed by atoms with Crippen LogP contribution < -0.4 is 21.1 Å². The molecule has 1 atom stereocenters. The summed E-state index contributed by atoms with van der Waals surface area (Å²) in [5, 5.41) is 15.9. The summed E-state index contributed by atoms with van der Waals surface area (Å²) in [6.45, 7) is 1.65. The minimum atomic E-state index is -3.81. The molecular weight excluding hydrogens is 394 g/mol. The van der Waals surface area contributed by atoms with Gasteiger partial charge in [0.15, 0.2) is 5.69 Å². The molecule has 4 N–H and O–H groups in total. The van der Waals surface area contributed by atoms with Gasteiger partial charge < -0.3 is 0 Å². The first kappa shape index (κ1) is 19.7. The molecule has 0 bridgehead atoms. The topological polar surface area (TPSA) is 180 Å². The lowest BCUT2D eigenvalue weighted by Gasteiger charge is -2.13. The van der Waals surface area contributed by atoms with Crippen LogP contribution in [0.3, 0.4) is 0 Å². The van der Waals surface area contributed by atoms with Gasteiger partial charge in [0.25, 0.3) is 10.2 Å². The molecule has 3 aromatic rings. The molecular formula is C14H17N7O6S. The molecule has 0 spiro atoms. The van der Waals surface area contributed by atoms with E-state index in [2.05, 4.69) is 21.0 Å². The van der Waals surface area contributed by atoms with Gasteiger partial charge in [0.1, 0.15) is 0 Å². The third kappa shape index (κ3) is 4.61. The molecule has 150 valence electrons. The molecule has 14 heteroatoms. The third-order valence-electron chi connectivity index (χ3n) is 3.68. The van der Waals surface area contributed by atoms with Crippen molar-refractivity contribution in [1.82, 2.24) is 24.8 Å². The lowest BCUT2D eigenvalue weighted by molar-refractivity contribution is 0.195. The van der Waals surface area contributed by atoms with Gasteiger partial charge in [-0.05, 0) is 22.8 Å². The zero-order chi connectivity index (χ0) is 20.1. The van der Waals surface area contributed by atoms with Gasteiger partial charge >= 0.3 is 5.76 Å². The summed E-state index contributed by atoms with van der Waals surface area (Å²) >= 11 is 0. The van der Waals surface area contributed by atoms with E-state index < -0.39 is 22.0 Å². The largest absolute Gasteiger partial charge is 0.442 e. The van der Waals surface area contributed by atoms with Gasteiger partial charge in [0.05, 0.1) is 12.6 Å². The Hall–Kier alpha value is -3.07. The maximum absolute atomic E-state index is 12.2. The van der Waals surface area contributed by atoms with Crippen LogP contribution in [-0.2, 0) is 15.0 Å². The monoisotopic (exact) mass is 411 g/mol. The molecule has 0 radical (unpaired) electrons. The van der Waals surface area contributed by atoms with Crippen LogP contribution in [-0.4, -0.2) is 41.6 Å². The highest BCUT2D eigenvalue weighted by Crippen LogP contribution is 2.26. The summed E-state index contributed by atoms with van der Waals surface area (Å²) in [6.07, 6.45) is 0. The van der Waals surface area contributed by atoms with Crippen molar-refractivity contribution < 1.29 is 22.4 Å². The van der Waals surface area contributed by atoms with Gasteiger partial charge in [-0.2, -0.15) is 8.42 Å². The number of nitrogens with one attached hydrogen (secondary N) is 2. The maximum Gasteiger partial charge on any atom is 0.442 e. The van der Waals surface area contributed by atoms with Gasteiger partial charge in [0.2, 0.25) is 11.6 Å². The van der Waals surface area contributed by atoms with Gasteiger partial charge in [-0.1, -0.05) is 35.5 Å². The Morgan fingerprint density at radius 3 is 2.71 bits per heavy atom. The fourth-order valence-electron chi connectivity index (χ4n) is 2.39. The third-order valence-corrected chi connectivity index (χ3v) is 4.29. The molecule has 2 aromatic heterocycles. The van der Waals surface area contributed by atoms with Crippen molar-refractivity contribution in [2.24, 2.45) is 5.14 Å². The first-order valence-corrected chi connectivity index (χ1v) is 9.52. The quantitative estimate of drug-likeness (QED) is 0.310. The average Bonchev–Trinajstić information content (AvgIpc) is 3.26. The number of anilines is 1. The second-order valence-electron chi connectivity index (χ2n) is 5.58. The molecule has 0 amide bonds. The molecule has 0 aliphatic heterocycles. The SMILES string of the molecule is CC(c1ccccc1)n1c(-c2nonc2NOCCNS(N)(=O)=O)noc1=O. The number of nitrogens with two attached hydrogens (primary N) is 1. The fraction of sp³-hybridized carbons (Fsp3) is 0.286. The summed E-state index contributed by atoms with van der Waals surface area (Å²) in [6, 6.07) is 8.86. The van der Waals surface area contributed by atoms with E-state index in [-0.39, 0.29) is 30.5 Å². The minimum absolute atomic E-state index is 0.0258. The molecule has 0 aliphatic rings. The average molecular weight is 411 g/mol. The van der Waals surface area contributed by atoms with E-state index in [0.717, 1.165) is 5.56 Å². The maximum atomic E-state index is 12.2. The molecule has 2 heterocycles. The Balaban J connectivity index is 1.77. The predicted molar refractivity (Wildman–Crippen MR) is 95.0 cm³/mol. The zero-order valence-corrected chi connectivity index (χ0v) is 15.4. The summed E-state index contributed by atoms with van der Waals surface area (Å²) in [5.41, 5.74) is 3.38. The highest BCUT2D eigenvalue weighted by atomic mass is 32.2. The zero-order valence-electron chi connectivity index (χ0n) is 14.6. The molecule has 0 saturated carbocycles. The minimum Gasteiger partial charge on any atom is -0.295 e. The molecule has 13 nitrogen and oxygen atoms in total. The number of benzene rings is 1. The Kier molecular flexibility index (Phi) is 5.84. The van der Waals surface area contributed by atoms with Gasteiger partial charge in [-0.25, -0.2) is 29.3 Å². The first-order chi connectivity index (χ1) is 13.4. The van der Waals surface area contributed by atoms with Crippen LogP contribution in [0.15, 0.2) is 44.3 Å². The Labute approximate surface area is 158 Å². The second kappa shape index (κ2) is 8.30. The van der Waals surface area contributed by atoms with Crippen molar-refractivity contribution >= 4 is 16.0 Å². The van der Waals surface area contributed by atoms with Crippen LogP contribution in [0.5, 0.6) is 0 Å². The van der Waals surface area contributed by atoms with Crippen molar-refractivity contribution in [3.8, 4) is 11.5 Å². The molecule has 1 unspecified atom stereocenters. The Morgan fingerprint density at radius 1 is 1.25 bits per heavy atom. The first-order valence-electron chi connectivity index (χ1n) is 7.98. The molecule has 3 rings (SSSR count). The van der Waals surface area contributed by atoms with Gasteiger partial charge in [-0.3, -0.25) is 9.36 Å². The van der Waals surface area contributed by atoms with E-state index in [1.54, 1.807) is 6.92 Å². The lowest BCUT2D eigenvalue weighted by atomic mass is 10.1. The van der Waals surface area contributed by atoms with Crippen molar-refractivity contribution in [1.29, 1.82) is 0 Å². The lowest BCUT2D eigenvalue weighted by Crippen LogP contribution is -2.33. The van der Waals surface area contributed by atoms with Crippen LogP contribution in [0.1, 0.15) is 18.5 Å². The van der Waals surface area contributed by atoms with E-state index in [4.69, 9.17) is 19.1 Å². The molecule has 28 heavy (non-hydrogen) atoms. The molecule has 0 fully saturated rings. The van der Waals surface area contributed by atoms with Crippen molar-refractivity contribution in [2.45, 2.75) is 13.0 Å². The normalized spacial score (nSPS) is 12.8. The molecule has 0 aliphatic carbocycles. The van der Waals surface area contributed by atoms with Crippen LogP contribution in [0, 0.1) is 0 Å². The van der Waals surface area contributed by atoms with E-state index in [1.165, 1.54) is 4.57 Å². The molecule has 1 aromatic carbocycles. The van der Waals surface area contributed by atoms with E-state index in [1.807, 2.05) is 35.1 Å². The fourth-order valence-corrected chi connectivity index (χ4v) is 2.76. The van der Waals surface area contributed by atoms with Crippen LogP contribution >= 0.6 is 0 Å². The predicted octanol–water partition coefficient (Wildman–Crippen LogP) is -0.368. The number of nitrogens with zero attached hydrogens (tertiary/aromatic N) is 4.